The quantitative estimate of drug-likeness (QED) is 0.674. The number of amides is 1. The summed E-state index contributed by atoms with van der Waals surface area (Å²) in [7, 11) is 3.29. The maximum absolute atomic E-state index is 13.0. The topological polar surface area (TPSA) is 51.9 Å². The Labute approximate surface area is 158 Å². The lowest BCUT2D eigenvalue weighted by Gasteiger charge is -2.25. The summed E-state index contributed by atoms with van der Waals surface area (Å²) < 4.78 is 16.2. The van der Waals surface area contributed by atoms with Crippen molar-refractivity contribution in [1.82, 2.24) is 4.90 Å². The monoisotopic (exact) mass is 365 g/mol. The van der Waals surface area contributed by atoms with Crippen LogP contribution in [0, 0.1) is 0 Å². The molecule has 5 nitrogen and oxygen atoms in total. The minimum absolute atomic E-state index is 0.103. The molecule has 0 radical (unpaired) electrons. The molecule has 140 valence electrons. The smallest absolute Gasteiger partial charge is 0.227 e. The van der Waals surface area contributed by atoms with Crippen molar-refractivity contribution in [3.8, 4) is 11.5 Å². The molecule has 3 aromatic rings. The number of ether oxygens (including phenoxy) is 2. The maximum Gasteiger partial charge on any atom is 0.227 e. The molecule has 0 N–H and O–H groups in total. The molecule has 2 aromatic carbocycles. The third kappa shape index (κ3) is 3.37. The van der Waals surface area contributed by atoms with Crippen LogP contribution in [0.1, 0.15) is 30.0 Å². The van der Waals surface area contributed by atoms with Crippen LogP contribution in [-0.2, 0) is 11.2 Å². The highest BCUT2D eigenvalue weighted by atomic mass is 16.5. The zero-order chi connectivity index (χ0) is 18.8. The van der Waals surface area contributed by atoms with Crippen molar-refractivity contribution in [1.29, 1.82) is 0 Å². The lowest BCUT2D eigenvalue weighted by Crippen LogP contribution is -2.31. The summed E-state index contributed by atoms with van der Waals surface area (Å²) in [6.07, 6.45) is 4.00. The van der Waals surface area contributed by atoms with E-state index in [0.717, 1.165) is 53.0 Å². The summed E-state index contributed by atoms with van der Waals surface area (Å²) in [5.74, 6) is 1.69. The molecule has 2 heterocycles. The predicted molar refractivity (Wildman–Crippen MR) is 103 cm³/mol. The van der Waals surface area contributed by atoms with Crippen molar-refractivity contribution in [2.75, 3.05) is 20.8 Å². The van der Waals surface area contributed by atoms with Gasteiger partial charge in [-0.1, -0.05) is 12.1 Å². The first-order chi connectivity index (χ1) is 13.2. The number of fused-ring (bicyclic) bond motifs is 1. The van der Waals surface area contributed by atoms with Crippen molar-refractivity contribution in [3.63, 3.8) is 0 Å². The first-order valence-electron chi connectivity index (χ1n) is 9.17. The Morgan fingerprint density at radius 3 is 2.78 bits per heavy atom. The predicted octanol–water partition coefficient (Wildman–Crippen LogP) is 4.36. The van der Waals surface area contributed by atoms with Crippen LogP contribution < -0.4 is 9.47 Å². The van der Waals surface area contributed by atoms with Gasteiger partial charge in [-0.2, -0.15) is 0 Å². The molecule has 1 aliphatic heterocycles. The number of furan rings is 1. The Hall–Kier alpha value is -2.95. The first kappa shape index (κ1) is 17.5. The zero-order valence-corrected chi connectivity index (χ0v) is 15.6. The normalized spacial score (nSPS) is 16.7. The molecule has 1 saturated heterocycles. The van der Waals surface area contributed by atoms with E-state index >= 15 is 0 Å². The Bertz CT molecular complexity index is 962. The first-order valence-corrected chi connectivity index (χ1v) is 9.17. The second-order valence-electron chi connectivity index (χ2n) is 6.82. The Balaban J connectivity index is 1.55. The molecule has 1 atom stereocenters. The van der Waals surface area contributed by atoms with Gasteiger partial charge in [0.25, 0.3) is 0 Å². The van der Waals surface area contributed by atoms with Crippen LogP contribution in [0.25, 0.3) is 11.0 Å². The van der Waals surface area contributed by atoms with E-state index < -0.39 is 0 Å². The zero-order valence-electron chi connectivity index (χ0n) is 15.6. The average Bonchev–Trinajstić information content (AvgIpc) is 3.35. The van der Waals surface area contributed by atoms with E-state index in [1.807, 2.05) is 41.3 Å². The standard InChI is InChI=1S/C22H23NO4/c1-25-17-6-3-5-15(11-17)20-7-4-10-23(20)22(24)12-16-14-27-21-13-18(26-2)8-9-19(16)21/h3,5-6,8-9,11,13-14,20H,4,7,10,12H2,1-2H3. The summed E-state index contributed by atoms with van der Waals surface area (Å²) in [5.41, 5.74) is 2.78. The third-order valence-electron chi connectivity index (χ3n) is 5.26. The average molecular weight is 365 g/mol. The summed E-state index contributed by atoms with van der Waals surface area (Å²) in [6.45, 7) is 0.782. The van der Waals surface area contributed by atoms with Gasteiger partial charge in [0.2, 0.25) is 5.91 Å². The lowest BCUT2D eigenvalue weighted by molar-refractivity contribution is -0.131. The van der Waals surface area contributed by atoms with Gasteiger partial charge in [-0.15, -0.1) is 0 Å². The highest BCUT2D eigenvalue weighted by Gasteiger charge is 2.30. The van der Waals surface area contributed by atoms with Crippen molar-refractivity contribution < 1.29 is 18.7 Å². The van der Waals surface area contributed by atoms with E-state index in [1.165, 1.54) is 0 Å². The van der Waals surface area contributed by atoms with Gasteiger partial charge in [0.15, 0.2) is 0 Å². The van der Waals surface area contributed by atoms with Gasteiger partial charge >= 0.3 is 0 Å². The number of hydrogen-bond donors (Lipinski definition) is 0. The molecule has 5 heteroatoms. The van der Waals surface area contributed by atoms with Crippen molar-refractivity contribution in [2.24, 2.45) is 0 Å². The van der Waals surface area contributed by atoms with Gasteiger partial charge in [-0.05, 0) is 42.7 Å². The summed E-state index contributed by atoms with van der Waals surface area (Å²) in [4.78, 5) is 15.0. The van der Waals surface area contributed by atoms with Gasteiger partial charge in [0.05, 0.1) is 32.9 Å². The highest BCUT2D eigenvalue weighted by molar-refractivity contribution is 5.88. The van der Waals surface area contributed by atoms with Crippen molar-refractivity contribution >= 4 is 16.9 Å². The number of carbonyl (C=O) groups is 1. The van der Waals surface area contributed by atoms with Gasteiger partial charge in [0, 0.05) is 23.6 Å². The second kappa shape index (κ2) is 7.35. The van der Waals surface area contributed by atoms with Crippen LogP contribution in [0.3, 0.4) is 0 Å². The molecule has 1 amide bonds. The van der Waals surface area contributed by atoms with Crippen LogP contribution in [0.5, 0.6) is 11.5 Å². The van der Waals surface area contributed by atoms with Crippen LogP contribution in [-0.4, -0.2) is 31.6 Å². The Morgan fingerprint density at radius 1 is 1.15 bits per heavy atom. The summed E-state index contributed by atoms with van der Waals surface area (Å²) >= 11 is 0. The fraction of sp³-hybridized carbons (Fsp3) is 0.318. The molecule has 1 aromatic heterocycles. The van der Waals surface area contributed by atoms with Crippen LogP contribution in [0.2, 0.25) is 0 Å². The van der Waals surface area contributed by atoms with E-state index in [4.69, 9.17) is 13.9 Å². The van der Waals surface area contributed by atoms with E-state index in [2.05, 4.69) is 6.07 Å². The molecule has 0 bridgehead atoms. The molecule has 1 unspecified atom stereocenters. The minimum Gasteiger partial charge on any atom is -0.497 e. The van der Waals surface area contributed by atoms with Crippen molar-refractivity contribution in [3.05, 3.63) is 59.9 Å². The molecule has 27 heavy (non-hydrogen) atoms. The van der Waals surface area contributed by atoms with E-state index in [9.17, 15) is 4.79 Å². The minimum atomic E-state index is 0.103. The van der Waals surface area contributed by atoms with E-state index in [1.54, 1.807) is 20.5 Å². The van der Waals surface area contributed by atoms with E-state index in [-0.39, 0.29) is 11.9 Å². The number of benzene rings is 2. The molecule has 0 saturated carbocycles. The Morgan fingerprint density at radius 2 is 1.96 bits per heavy atom. The number of carbonyl (C=O) groups excluding carboxylic acids is 1. The molecule has 4 rings (SSSR count). The molecular weight excluding hydrogens is 342 g/mol. The molecule has 1 aliphatic rings. The summed E-state index contributed by atoms with van der Waals surface area (Å²) in [5, 5.41) is 0.960. The van der Waals surface area contributed by atoms with E-state index in [0.29, 0.717) is 6.42 Å². The largest absolute Gasteiger partial charge is 0.497 e. The molecule has 0 spiro atoms. The van der Waals surface area contributed by atoms with Crippen LogP contribution in [0.4, 0.5) is 0 Å². The van der Waals surface area contributed by atoms with Gasteiger partial charge in [0.1, 0.15) is 17.1 Å². The SMILES string of the molecule is COc1cccc(C2CCCN2C(=O)Cc2coc3cc(OC)ccc23)c1. The number of hydrogen-bond acceptors (Lipinski definition) is 4. The lowest BCUT2D eigenvalue weighted by atomic mass is 10.0. The second-order valence-corrected chi connectivity index (χ2v) is 6.82. The van der Waals surface area contributed by atoms with Gasteiger partial charge < -0.3 is 18.8 Å². The third-order valence-corrected chi connectivity index (χ3v) is 5.26. The number of rotatable bonds is 5. The maximum atomic E-state index is 13.0. The number of likely N-dealkylation sites (tertiary alicyclic amines) is 1. The Kier molecular flexibility index (Phi) is 4.75. The molecule has 0 aliphatic carbocycles. The summed E-state index contributed by atoms with van der Waals surface area (Å²) in [6, 6.07) is 13.8. The van der Waals surface area contributed by atoms with Crippen LogP contribution in [0.15, 0.2) is 53.1 Å². The molecular formula is C22H23NO4. The number of methoxy groups -OCH3 is 2. The van der Waals surface area contributed by atoms with Crippen LogP contribution >= 0.6 is 0 Å². The number of nitrogens with zero attached hydrogens (tertiary/aromatic N) is 1. The fourth-order valence-corrected chi connectivity index (χ4v) is 3.85. The highest BCUT2D eigenvalue weighted by Crippen LogP contribution is 2.34. The van der Waals surface area contributed by atoms with Crippen molar-refractivity contribution in [2.45, 2.75) is 25.3 Å². The van der Waals surface area contributed by atoms with Gasteiger partial charge in [-0.25, -0.2) is 0 Å². The molecule has 1 fully saturated rings. The van der Waals surface area contributed by atoms with Gasteiger partial charge in [-0.3, -0.25) is 4.79 Å². The fourth-order valence-electron chi connectivity index (χ4n) is 3.85.